The number of alkyl halides is 1. The number of carbonyl (C=O) groups excluding carboxylic acids is 2. The van der Waals surface area contributed by atoms with Crippen molar-refractivity contribution in [2.45, 2.75) is 97.9 Å². The van der Waals surface area contributed by atoms with Gasteiger partial charge in [-0.25, -0.2) is 9.18 Å². The van der Waals surface area contributed by atoms with E-state index in [-0.39, 0.29) is 17.4 Å². The minimum Gasteiger partial charge on any atom is -0.314 e. The van der Waals surface area contributed by atoms with Crippen LogP contribution >= 0.6 is 0 Å². The molecule has 5 rings (SSSR count). The molecule has 0 spiro atoms. The summed E-state index contributed by atoms with van der Waals surface area (Å²) in [5, 5.41) is 7.85. The molecule has 38 heavy (non-hydrogen) atoms. The van der Waals surface area contributed by atoms with Crippen LogP contribution in [0.1, 0.15) is 91.9 Å². The topological polar surface area (TPSA) is 71.0 Å². The summed E-state index contributed by atoms with van der Waals surface area (Å²) in [7, 11) is 0. The van der Waals surface area contributed by atoms with Gasteiger partial charge in [0.05, 0.1) is 12.3 Å². The zero-order valence-corrected chi connectivity index (χ0v) is 23.9. The minimum atomic E-state index is -0.583. The molecule has 8 atom stereocenters. The fraction of sp³-hybridized carbons (Fsp3) is 0.839. The van der Waals surface area contributed by atoms with E-state index in [9.17, 15) is 14.0 Å². The Hall–Kier alpha value is -1.76. The number of rotatable bonds is 7. The van der Waals surface area contributed by atoms with Crippen molar-refractivity contribution >= 4 is 17.6 Å². The molecule has 0 bridgehead atoms. The maximum atomic E-state index is 13.2. The first kappa shape index (κ1) is 27.8. The highest BCUT2D eigenvalue weighted by atomic mass is 19.1. The Labute approximate surface area is 228 Å². The SMILES string of the molecule is C/C(=N\OC(=O)N(CCF)CCC1NCCC1C)[C@H]1CC[C@H]2[C@@H]3CCC4=CC(=O)CC[C@]4(C)[C@H]3CC[C@]12C. The Morgan fingerprint density at radius 1 is 1.13 bits per heavy atom. The van der Waals surface area contributed by atoms with Gasteiger partial charge < -0.3 is 10.2 Å². The molecule has 0 aromatic carbocycles. The molecular formula is C31H48FN3O3. The molecule has 2 unspecified atom stereocenters. The third kappa shape index (κ3) is 4.97. The molecule has 4 fully saturated rings. The maximum Gasteiger partial charge on any atom is 0.436 e. The average Bonchev–Trinajstić information content (AvgIpc) is 3.47. The van der Waals surface area contributed by atoms with Gasteiger partial charge in [-0.1, -0.05) is 31.5 Å². The van der Waals surface area contributed by atoms with E-state index < -0.39 is 12.8 Å². The van der Waals surface area contributed by atoms with E-state index in [1.807, 2.05) is 13.0 Å². The largest absolute Gasteiger partial charge is 0.436 e. The number of allylic oxidation sites excluding steroid dienone is 1. The molecule has 3 saturated carbocycles. The van der Waals surface area contributed by atoms with Crippen molar-refractivity contribution in [3.63, 3.8) is 0 Å². The number of carbonyl (C=O) groups is 2. The van der Waals surface area contributed by atoms with Crippen molar-refractivity contribution in [1.29, 1.82) is 0 Å². The Balaban J connectivity index is 1.23. The van der Waals surface area contributed by atoms with Crippen molar-refractivity contribution in [2.24, 2.45) is 45.6 Å². The Morgan fingerprint density at radius 2 is 1.95 bits per heavy atom. The van der Waals surface area contributed by atoms with Crippen LogP contribution in [0.15, 0.2) is 16.8 Å². The van der Waals surface area contributed by atoms with Gasteiger partial charge >= 0.3 is 6.09 Å². The summed E-state index contributed by atoms with van der Waals surface area (Å²) in [6.45, 7) is 10.0. The van der Waals surface area contributed by atoms with Crippen molar-refractivity contribution in [2.75, 3.05) is 26.3 Å². The van der Waals surface area contributed by atoms with Crippen molar-refractivity contribution in [3.8, 4) is 0 Å². The van der Waals surface area contributed by atoms with Gasteiger partial charge in [-0.15, -0.1) is 0 Å². The van der Waals surface area contributed by atoms with E-state index in [1.165, 1.54) is 29.7 Å². The standard InChI is InChI=1S/C31H48FN3O3/c1-20-11-16-33-28(20)12-17-35(18-15-32)29(37)38-34-21(2)25-7-8-26-24-6-5-22-19-23(36)9-13-30(22,3)27(24)10-14-31(25,26)4/h19-20,24-28,33H,5-18H2,1-4H3/b34-21+/t20?,24-,25+,26-,27-,28?,30-,31+/m0/s1. The predicted molar refractivity (Wildman–Crippen MR) is 148 cm³/mol. The summed E-state index contributed by atoms with van der Waals surface area (Å²) in [6.07, 6.45) is 11.9. The van der Waals surface area contributed by atoms with E-state index in [1.54, 1.807) is 0 Å². The lowest BCUT2D eigenvalue weighted by molar-refractivity contribution is -0.117. The lowest BCUT2D eigenvalue weighted by Gasteiger charge is -2.58. The maximum absolute atomic E-state index is 13.2. The fourth-order valence-electron chi connectivity index (χ4n) is 9.45. The van der Waals surface area contributed by atoms with Gasteiger partial charge in [0.25, 0.3) is 0 Å². The molecule has 212 valence electrons. The number of halogens is 1. The Morgan fingerprint density at radius 3 is 2.68 bits per heavy atom. The Bertz CT molecular complexity index is 981. The molecule has 0 aromatic rings. The minimum absolute atomic E-state index is 0.0432. The lowest BCUT2D eigenvalue weighted by atomic mass is 9.46. The van der Waals surface area contributed by atoms with Crippen LogP contribution < -0.4 is 5.32 Å². The summed E-state index contributed by atoms with van der Waals surface area (Å²) in [4.78, 5) is 31.9. The van der Waals surface area contributed by atoms with E-state index in [4.69, 9.17) is 4.84 Å². The summed E-state index contributed by atoms with van der Waals surface area (Å²) >= 11 is 0. The molecule has 0 radical (unpaired) electrons. The van der Waals surface area contributed by atoms with E-state index >= 15 is 0 Å². The molecule has 4 aliphatic carbocycles. The molecule has 7 heteroatoms. The third-order valence-electron chi connectivity index (χ3n) is 11.7. The number of hydrogen-bond donors (Lipinski definition) is 1. The average molecular weight is 530 g/mol. The summed E-state index contributed by atoms with van der Waals surface area (Å²) in [5.41, 5.74) is 2.65. The van der Waals surface area contributed by atoms with E-state index in [0.717, 1.165) is 50.8 Å². The van der Waals surface area contributed by atoms with Crippen LogP contribution in [0.5, 0.6) is 0 Å². The van der Waals surface area contributed by atoms with Gasteiger partial charge in [0.2, 0.25) is 0 Å². The number of nitrogens with one attached hydrogen (secondary N) is 1. The van der Waals surface area contributed by atoms with Crippen LogP contribution in [-0.2, 0) is 9.63 Å². The number of nitrogens with zero attached hydrogens (tertiary/aromatic N) is 2. The van der Waals surface area contributed by atoms with Gasteiger partial charge in [0.1, 0.15) is 6.67 Å². The normalized spacial score (nSPS) is 40.7. The quantitative estimate of drug-likeness (QED) is 0.238. The van der Waals surface area contributed by atoms with Gasteiger partial charge in [-0.3, -0.25) is 9.63 Å². The fourth-order valence-corrected chi connectivity index (χ4v) is 9.45. The zero-order chi connectivity index (χ0) is 27.1. The molecule has 1 amide bonds. The van der Waals surface area contributed by atoms with Gasteiger partial charge in [0, 0.05) is 24.9 Å². The van der Waals surface area contributed by atoms with Gasteiger partial charge in [0.15, 0.2) is 5.78 Å². The number of hydrogen-bond acceptors (Lipinski definition) is 5. The predicted octanol–water partition coefficient (Wildman–Crippen LogP) is 6.31. The second-order valence-electron chi connectivity index (χ2n) is 13.5. The molecule has 5 aliphatic rings. The smallest absolute Gasteiger partial charge is 0.314 e. The molecule has 1 heterocycles. The van der Waals surface area contributed by atoms with E-state index in [0.29, 0.717) is 54.4 Å². The zero-order valence-electron chi connectivity index (χ0n) is 23.9. The number of oxime groups is 1. The highest BCUT2D eigenvalue weighted by Gasteiger charge is 2.59. The van der Waals surface area contributed by atoms with E-state index in [2.05, 4.69) is 31.2 Å². The highest BCUT2D eigenvalue weighted by Crippen LogP contribution is 2.66. The van der Waals surface area contributed by atoms with Gasteiger partial charge in [-0.05, 0) is 112 Å². The van der Waals surface area contributed by atoms with Crippen LogP contribution in [0.4, 0.5) is 9.18 Å². The lowest BCUT2D eigenvalue weighted by Crippen LogP contribution is -2.51. The van der Waals surface area contributed by atoms with Crippen LogP contribution in [0.25, 0.3) is 0 Å². The first-order valence-corrected chi connectivity index (χ1v) is 15.2. The number of fused-ring (bicyclic) bond motifs is 5. The number of amides is 1. The molecule has 1 aliphatic heterocycles. The summed E-state index contributed by atoms with van der Waals surface area (Å²) < 4.78 is 13.2. The summed E-state index contributed by atoms with van der Waals surface area (Å²) in [5.74, 6) is 3.18. The van der Waals surface area contributed by atoms with Gasteiger partial charge in [-0.2, -0.15) is 0 Å². The Kier molecular flexibility index (Phi) is 8.06. The molecular weight excluding hydrogens is 481 g/mol. The first-order chi connectivity index (χ1) is 18.2. The molecule has 0 aromatic heterocycles. The van der Waals surface area contributed by atoms with Crippen molar-refractivity contribution in [1.82, 2.24) is 10.2 Å². The second kappa shape index (κ2) is 11.0. The van der Waals surface area contributed by atoms with Crippen LogP contribution in [-0.4, -0.2) is 54.8 Å². The van der Waals surface area contributed by atoms with Crippen LogP contribution in [0.2, 0.25) is 0 Å². The van der Waals surface area contributed by atoms with Crippen molar-refractivity contribution in [3.05, 3.63) is 11.6 Å². The molecule has 1 N–H and O–H groups in total. The number of ketones is 1. The monoisotopic (exact) mass is 529 g/mol. The summed E-state index contributed by atoms with van der Waals surface area (Å²) in [6, 6.07) is 0.364. The van der Waals surface area contributed by atoms with Crippen molar-refractivity contribution < 1.29 is 18.8 Å². The highest BCUT2D eigenvalue weighted by molar-refractivity contribution is 5.91. The van der Waals surface area contributed by atoms with Crippen LogP contribution in [0, 0.1) is 40.4 Å². The van der Waals surface area contributed by atoms with Crippen LogP contribution in [0.3, 0.4) is 0 Å². The molecule has 6 nitrogen and oxygen atoms in total. The third-order valence-corrected chi connectivity index (χ3v) is 11.7. The second-order valence-corrected chi connectivity index (χ2v) is 13.5. The molecule has 1 saturated heterocycles. The first-order valence-electron chi connectivity index (χ1n) is 15.2.